The Labute approximate surface area is 121 Å². The minimum absolute atomic E-state index is 0.175. The van der Waals surface area contributed by atoms with E-state index in [2.05, 4.69) is 10.4 Å². The minimum atomic E-state index is -1.35. The van der Waals surface area contributed by atoms with Crippen molar-refractivity contribution in [2.24, 2.45) is 5.73 Å². The highest BCUT2D eigenvalue weighted by molar-refractivity contribution is 6.08. The Kier molecular flexibility index (Phi) is 4.68. The Morgan fingerprint density at radius 2 is 2.24 bits per heavy atom. The summed E-state index contributed by atoms with van der Waals surface area (Å²) >= 11 is 0. The van der Waals surface area contributed by atoms with E-state index in [9.17, 15) is 9.59 Å². The fourth-order valence-electron chi connectivity index (χ4n) is 1.71. The van der Waals surface area contributed by atoms with Crippen LogP contribution in [-0.4, -0.2) is 34.3 Å². The van der Waals surface area contributed by atoms with Gasteiger partial charge >= 0.3 is 5.97 Å². The van der Waals surface area contributed by atoms with Gasteiger partial charge in [-0.2, -0.15) is 5.10 Å². The zero-order valence-electron chi connectivity index (χ0n) is 11.5. The molecule has 1 heterocycles. The number of aromatic nitrogens is 2. The number of ether oxygens (including phenoxy) is 1. The lowest BCUT2D eigenvalue weighted by molar-refractivity contribution is -0.146. The van der Waals surface area contributed by atoms with Gasteiger partial charge < -0.3 is 15.8 Å². The summed E-state index contributed by atoms with van der Waals surface area (Å²) in [5, 5.41) is 6.68. The molecule has 1 amide bonds. The van der Waals surface area contributed by atoms with Crippen LogP contribution >= 0.6 is 0 Å². The van der Waals surface area contributed by atoms with Crippen LogP contribution in [0.2, 0.25) is 0 Å². The smallest absolute Gasteiger partial charge is 0.332 e. The molecule has 1 atom stereocenters. The summed E-state index contributed by atoms with van der Waals surface area (Å²) in [5.74, 6) is -1.37. The lowest BCUT2D eigenvalue weighted by Crippen LogP contribution is -2.43. The molecule has 2 aromatic rings. The number of rotatable bonds is 5. The third-order valence-corrected chi connectivity index (χ3v) is 2.71. The topological polar surface area (TPSA) is 99.2 Å². The van der Waals surface area contributed by atoms with Crippen molar-refractivity contribution in [1.82, 2.24) is 9.78 Å². The molecule has 0 aliphatic heterocycles. The maximum atomic E-state index is 11.9. The number of hydrogen-bond acceptors (Lipinski definition) is 5. The number of benzene rings is 1. The second-order valence-electron chi connectivity index (χ2n) is 4.22. The number of nitrogens with two attached hydrogens (primary N) is 1. The van der Waals surface area contributed by atoms with Crippen molar-refractivity contribution < 1.29 is 14.3 Å². The zero-order chi connectivity index (χ0) is 15.2. The van der Waals surface area contributed by atoms with Crippen LogP contribution in [0.3, 0.4) is 0 Å². The van der Waals surface area contributed by atoms with E-state index >= 15 is 0 Å². The van der Waals surface area contributed by atoms with Gasteiger partial charge in [0.15, 0.2) is 6.04 Å². The SMILES string of the molecule is CCOC(=O)C(N)C(=O)Nc1cccc(-n2cccn2)c1. The Balaban J connectivity index is 2.08. The lowest BCUT2D eigenvalue weighted by atomic mass is 10.2. The van der Waals surface area contributed by atoms with Crippen molar-refractivity contribution in [3.05, 3.63) is 42.7 Å². The van der Waals surface area contributed by atoms with Crippen LogP contribution < -0.4 is 11.1 Å². The number of amides is 1. The zero-order valence-corrected chi connectivity index (χ0v) is 11.5. The highest BCUT2D eigenvalue weighted by Gasteiger charge is 2.23. The van der Waals surface area contributed by atoms with Crippen molar-refractivity contribution in [3.8, 4) is 5.69 Å². The molecular weight excluding hydrogens is 272 g/mol. The molecule has 1 aromatic carbocycles. The summed E-state index contributed by atoms with van der Waals surface area (Å²) in [7, 11) is 0. The molecule has 110 valence electrons. The number of nitrogens with one attached hydrogen (secondary N) is 1. The molecule has 0 bridgehead atoms. The quantitative estimate of drug-likeness (QED) is 0.623. The molecule has 0 saturated heterocycles. The Morgan fingerprint density at radius 1 is 1.43 bits per heavy atom. The molecule has 21 heavy (non-hydrogen) atoms. The van der Waals surface area contributed by atoms with E-state index in [0.717, 1.165) is 5.69 Å². The van der Waals surface area contributed by atoms with Crippen LogP contribution in [0.1, 0.15) is 6.92 Å². The molecular formula is C14H16N4O3. The first-order valence-corrected chi connectivity index (χ1v) is 6.45. The van der Waals surface area contributed by atoms with Crippen LogP contribution in [0.5, 0.6) is 0 Å². The molecule has 0 aliphatic rings. The maximum absolute atomic E-state index is 11.9. The summed E-state index contributed by atoms with van der Waals surface area (Å²) in [6.45, 7) is 1.82. The van der Waals surface area contributed by atoms with Crippen LogP contribution in [0, 0.1) is 0 Å². The molecule has 7 nitrogen and oxygen atoms in total. The van der Waals surface area contributed by atoms with Gasteiger partial charge in [0, 0.05) is 18.1 Å². The Morgan fingerprint density at radius 3 is 2.90 bits per heavy atom. The molecule has 2 rings (SSSR count). The molecule has 1 unspecified atom stereocenters. The van der Waals surface area contributed by atoms with Crippen LogP contribution in [0.15, 0.2) is 42.7 Å². The predicted molar refractivity (Wildman–Crippen MR) is 76.8 cm³/mol. The standard InChI is InChI=1S/C14H16N4O3/c1-2-21-14(20)12(15)13(19)17-10-5-3-6-11(9-10)18-8-4-7-16-18/h3-9,12H,2,15H2,1H3,(H,17,19). The first kappa shape index (κ1) is 14.7. The third-order valence-electron chi connectivity index (χ3n) is 2.71. The Bertz CT molecular complexity index is 625. The number of esters is 1. The number of carbonyl (C=O) groups is 2. The number of nitrogens with zero attached hydrogens (tertiary/aromatic N) is 2. The molecule has 0 fully saturated rings. The average molecular weight is 288 g/mol. The van der Waals surface area contributed by atoms with E-state index in [1.165, 1.54) is 0 Å². The fourth-order valence-corrected chi connectivity index (χ4v) is 1.71. The second kappa shape index (κ2) is 6.67. The summed E-state index contributed by atoms with van der Waals surface area (Å²) < 4.78 is 6.36. The van der Waals surface area contributed by atoms with Crippen molar-refractivity contribution in [3.63, 3.8) is 0 Å². The second-order valence-corrected chi connectivity index (χ2v) is 4.22. The van der Waals surface area contributed by atoms with E-state index < -0.39 is 17.9 Å². The fraction of sp³-hybridized carbons (Fsp3) is 0.214. The molecule has 0 aliphatic carbocycles. The molecule has 7 heteroatoms. The van der Waals surface area contributed by atoms with Crippen molar-refractivity contribution in [2.45, 2.75) is 13.0 Å². The number of carbonyl (C=O) groups excluding carboxylic acids is 2. The predicted octanol–water partition coefficient (Wildman–Crippen LogP) is 0.701. The van der Waals surface area contributed by atoms with Gasteiger partial charge in [-0.1, -0.05) is 6.07 Å². The molecule has 0 saturated carbocycles. The van der Waals surface area contributed by atoms with Crippen molar-refractivity contribution in [2.75, 3.05) is 11.9 Å². The first-order chi connectivity index (χ1) is 10.1. The van der Waals surface area contributed by atoms with Gasteiger partial charge in [-0.3, -0.25) is 4.79 Å². The lowest BCUT2D eigenvalue weighted by Gasteiger charge is -2.12. The van der Waals surface area contributed by atoms with Crippen molar-refractivity contribution >= 4 is 17.6 Å². The van der Waals surface area contributed by atoms with Gasteiger partial charge in [0.1, 0.15) is 0 Å². The molecule has 0 spiro atoms. The summed E-state index contributed by atoms with van der Waals surface area (Å²) in [4.78, 5) is 23.3. The third kappa shape index (κ3) is 3.67. The number of hydrogen-bond donors (Lipinski definition) is 2. The normalized spacial score (nSPS) is 11.7. The average Bonchev–Trinajstić information content (AvgIpc) is 3.01. The number of anilines is 1. The van der Waals surface area contributed by atoms with Gasteiger partial charge in [0.2, 0.25) is 0 Å². The molecule has 1 aromatic heterocycles. The van der Waals surface area contributed by atoms with Gasteiger partial charge in [0.05, 0.1) is 12.3 Å². The van der Waals surface area contributed by atoms with E-state index in [1.807, 2.05) is 6.07 Å². The highest BCUT2D eigenvalue weighted by Crippen LogP contribution is 2.14. The van der Waals surface area contributed by atoms with E-state index in [4.69, 9.17) is 10.5 Å². The van der Waals surface area contributed by atoms with Gasteiger partial charge in [-0.25, -0.2) is 9.48 Å². The monoisotopic (exact) mass is 288 g/mol. The van der Waals surface area contributed by atoms with Gasteiger partial charge in [-0.05, 0) is 31.2 Å². The van der Waals surface area contributed by atoms with Gasteiger partial charge in [0.25, 0.3) is 5.91 Å². The molecule has 0 radical (unpaired) electrons. The van der Waals surface area contributed by atoms with E-state index in [-0.39, 0.29) is 6.61 Å². The van der Waals surface area contributed by atoms with E-state index in [1.54, 1.807) is 48.3 Å². The van der Waals surface area contributed by atoms with Gasteiger partial charge in [-0.15, -0.1) is 0 Å². The minimum Gasteiger partial charge on any atom is -0.464 e. The summed E-state index contributed by atoms with van der Waals surface area (Å²) in [5.41, 5.74) is 6.82. The first-order valence-electron chi connectivity index (χ1n) is 6.45. The summed E-state index contributed by atoms with van der Waals surface area (Å²) in [6.07, 6.45) is 3.44. The molecule has 3 N–H and O–H groups in total. The van der Waals surface area contributed by atoms with E-state index in [0.29, 0.717) is 5.69 Å². The van der Waals surface area contributed by atoms with Crippen LogP contribution in [-0.2, 0) is 14.3 Å². The highest BCUT2D eigenvalue weighted by atomic mass is 16.5. The van der Waals surface area contributed by atoms with Crippen molar-refractivity contribution in [1.29, 1.82) is 0 Å². The van der Waals surface area contributed by atoms with Crippen LogP contribution in [0.4, 0.5) is 5.69 Å². The Hall–Kier alpha value is -2.67. The summed E-state index contributed by atoms with van der Waals surface area (Å²) in [6, 6.07) is 7.47. The maximum Gasteiger partial charge on any atom is 0.332 e. The van der Waals surface area contributed by atoms with Crippen LogP contribution in [0.25, 0.3) is 5.69 Å². The largest absolute Gasteiger partial charge is 0.464 e.